The molecule has 3 rings (SSSR count). The summed E-state index contributed by atoms with van der Waals surface area (Å²) in [6, 6.07) is 5.65. The number of benzene rings is 1. The van der Waals surface area contributed by atoms with Crippen LogP contribution in [0.5, 0.6) is 5.75 Å². The first-order chi connectivity index (χ1) is 16.9. The largest absolute Gasteiger partial charge is 0.583 e. The summed E-state index contributed by atoms with van der Waals surface area (Å²) in [6.07, 6.45) is -6.02. The van der Waals surface area contributed by atoms with Crippen molar-refractivity contribution in [3.63, 3.8) is 0 Å². The second-order valence-electron chi connectivity index (χ2n) is 7.89. The van der Waals surface area contributed by atoms with Crippen LogP contribution in [0.15, 0.2) is 50.9 Å². The van der Waals surface area contributed by atoms with Crippen LogP contribution in [0.25, 0.3) is 0 Å². The van der Waals surface area contributed by atoms with E-state index < -0.39 is 61.8 Å². The topological polar surface area (TPSA) is 164 Å². The zero-order chi connectivity index (χ0) is 26.6. The number of halogens is 2. The van der Waals surface area contributed by atoms with Crippen molar-refractivity contribution in [2.24, 2.45) is 4.74 Å². The number of hydrogen-bond acceptors (Lipinski definition) is 10. The third kappa shape index (κ3) is 6.36. The molecule has 15 heteroatoms. The lowest BCUT2D eigenvalue weighted by Crippen LogP contribution is -2.46. The third-order valence-corrected chi connectivity index (χ3v) is 6.36. The minimum absolute atomic E-state index is 0.0847. The molecule has 12 nitrogen and oxygen atoms in total. The van der Waals surface area contributed by atoms with Crippen molar-refractivity contribution < 1.29 is 37.9 Å². The summed E-state index contributed by atoms with van der Waals surface area (Å²) in [5.41, 5.74) is -4.28. The zero-order valence-corrected chi connectivity index (χ0v) is 21.0. The van der Waals surface area contributed by atoms with Crippen LogP contribution in [0.2, 0.25) is 5.02 Å². The van der Waals surface area contributed by atoms with Crippen molar-refractivity contribution in [3.05, 3.63) is 62.4 Å². The van der Waals surface area contributed by atoms with E-state index in [1.54, 1.807) is 6.92 Å². The van der Waals surface area contributed by atoms with Crippen LogP contribution >= 0.6 is 19.8 Å². The molecule has 1 saturated heterocycles. The molecule has 196 valence electrons. The average Bonchev–Trinajstić information content (AvgIpc) is 3.04. The number of nitrogens with zero attached hydrogens (tertiary/aromatic N) is 2. The molecule has 1 aliphatic rings. The average molecular weight is 548 g/mol. The smallest absolute Gasteiger partial charge is 0.346 e. The molecular formula is C21H24ClFN3O9P. The zero-order valence-electron chi connectivity index (χ0n) is 19.4. The van der Waals surface area contributed by atoms with Gasteiger partial charge in [0.05, 0.1) is 6.61 Å². The van der Waals surface area contributed by atoms with Crippen molar-refractivity contribution in [1.82, 2.24) is 9.55 Å². The molecule has 7 atom stereocenters. The molecule has 1 aromatic carbocycles. The first-order valence-electron chi connectivity index (χ1n) is 10.7. The van der Waals surface area contributed by atoms with Gasteiger partial charge in [-0.05, 0) is 45.0 Å². The van der Waals surface area contributed by atoms with Crippen LogP contribution < -0.4 is 20.9 Å². The van der Waals surface area contributed by atoms with E-state index in [4.69, 9.17) is 30.3 Å². The summed E-state index contributed by atoms with van der Waals surface area (Å²) < 4.78 is 41.6. The Kier molecular flexibility index (Phi) is 8.98. The summed E-state index contributed by atoms with van der Waals surface area (Å²) in [5, 5.41) is 11.2. The number of aromatic amines is 1. The number of carbonyl (C=O) groups excluding carboxylic acids is 1. The molecule has 2 aromatic rings. The van der Waals surface area contributed by atoms with Crippen molar-refractivity contribution in [3.8, 4) is 5.75 Å². The van der Waals surface area contributed by atoms with E-state index in [1.807, 2.05) is 4.98 Å². The molecule has 2 heterocycles. The Labute approximate surface area is 210 Å². The molecule has 0 saturated carbocycles. The maximum absolute atomic E-state index is 15.7. The molecule has 1 fully saturated rings. The van der Waals surface area contributed by atoms with E-state index in [-0.39, 0.29) is 12.4 Å². The Hall–Kier alpha value is -2.67. The van der Waals surface area contributed by atoms with Crippen LogP contribution in [0.4, 0.5) is 4.39 Å². The van der Waals surface area contributed by atoms with Crippen LogP contribution in [0, 0.1) is 0 Å². The van der Waals surface area contributed by atoms with E-state index in [1.165, 1.54) is 31.2 Å². The molecule has 0 amide bonds. The number of alkyl halides is 1. The number of esters is 1. The van der Waals surface area contributed by atoms with Crippen LogP contribution in [-0.2, 0) is 18.8 Å². The van der Waals surface area contributed by atoms with Crippen molar-refractivity contribution in [2.45, 2.75) is 57.2 Å². The first kappa shape index (κ1) is 27.9. The van der Waals surface area contributed by atoms with Crippen molar-refractivity contribution in [1.29, 1.82) is 0 Å². The highest BCUT2D eigenvalue weighted by Gasteiger charge is 2.59. The maximum Gasteiger partial charge on any atom is 0.346 e. The molecule has 3 unspecified atom stereocenters. The second kappa shape index (κ2) is 11.6. The van der Waals surface area contributed by atoms with Gasteiger partial charge in [0.2, 0.25) is 0 Å². The Bertz CT molecular complexity index is 1220. The number of aromatic nitrogens is 2. The molecular weight excluding hydrogens is 524 g/mol. The minimum Gasteiger partial charge on any atom is -0.583 e. The van der Waals surface area contributed by atoms with Gasteiger partial charge in [-0.2, -0.15) is 0 Å². The summed E-state index contributed by atoms with van der Waals surface area (Å²) in [7, 11) is -2.96. The number of nitrogens with one attached hydrogen (secondary N) is 1. The number of aliphatic hydroxyl groups is 1. The van der Waals surface area contributed by atoms with E-state index in [0.717, 1.165) is 23.8 Å². The highest BCUT2D eigenvalue weighted by Crippen LogP contribution is 2.43. The van der Waals surface area contributed by atoms with Gasteiger partial charge >= 0.3 is 19.8 Å². The van der Waals surface area contributed by atoms with Gasteiger partial charge in [-0.1, -0.05) is 16.3 Å². The lowest BCUT2D eigenvalue weighted by atomic mass is 9.98. The normalized spacial score (nSPS) is 25.9. The SMILES string of the molecule is CCOC(=O)C(C)N=[P+]([O-])OC(Oc1ccc(Cl)cc1)[C@@H]1O[C@@H](n2ccc(=O)[nH]c2=O)[C@](C)(F)[C@@H]1O. The summed E-state index contributed by atoms with van der Waals surface area (Å²) in [6.45, 7) is 3.99. The Morgan fingerprint density at radius 3 is 2.67 bits per heavy atom. The lowest BCUT2D eigenvalue weighted by molar-refractivity contribution is -0.206. The predicted molar refractivity (Wildman–Crippen MR) is 123 cm³/mol. The number of hydrogen-bond donors (Lipinski definition) is 2. The molecule has 0 aliphatic carbocycles. The van der Waals surface area contributed by atoms with Crippen LogP contribution in [-0.4, -0.2) is 57.4 Å². The number of ether oxygens (including phenoxy) is 3. The minimum atomic E-state index is -2.96. The summed E-state index contributed by atoms with van der Waals surface area (Å²) >= 11 is 5.88. The molecule has 0 spiro atoms. The quantitative estimate of drug-likeness (QED) is 0.268. The highest BCUT2D eigenvalue weighted by atomic mass is 35.5. The Morgan fingerprint density at radius 1 is 1.39 bits per heavy atom. The fourth-order valence-corrected chi connectivity index (χ4v) is 4.25. The Morgan fingerprint density at radius 2 is 2.06 bits per heavy atom. The monoisotopic (exact) mass is 547 g/mol. The standard InChI is InChI=1S/C21H24ClFN3O9P/c1-4-32-17(29)11(2)25-36(31)35-18(33-13-7-5-12(22)6-8-13)15-16(28)21(3,23)19(34-15)26-10-9-14(27)24-20(26)30/h5-11,15-16,18-19,28H,4H2,1-3H3,(H,24,27,30)/t11?,15-,16-,18?,19-,21-/m1/s1. The number of carbonyl (C=O) groups is 1. The summed E-state index contributed by atoms with van der Waals surface area (Å²) in [5.74, 6) is -0.613. The van der Waals surface area contributed by atoms with Crippen LogP contribution in [0.1, 0.15) is 27.0 Å². The lowest BCUT2D eigenvalue weighted by Gasteiger charge is -2.25. The maximum atomic E-state index is 15.7. The highest BCUT2D eigenvalue weighted by molar-refractivity contribution is 7.33. The third-order valence-electron chi connectivity index (χ3n) is 5.19. The van der Waals surface area contributed by atoms with Gasteiger partial charge in [-0.15, -0.1) is 4.52 Å². The van der Waals surface area contributed by atoms with Gasteiger partial charge in [0.1, 0.15) is 11.9 Å². The molecule has 36 heavy (non-hydrogen) atoms. The fraction of sp³-hybridized carbons (Fsp3) is 0.476. The molecule has 2 N–H and O–H groups in total. The van der Waals surface area contributed by atoms with Crippen LogP contribution in [0.3, 0.4) is 0 Å². The molecule has 0 bridgehead atoms. The predicted octanol–water partition coefficient (Wildman–Crippen LogP) is 1.41. The first-order valence-corrected chi connectivity index (χ1v) is 12.2. The number of rotatable bonds is 9. The van der Waals surface area contributed by atoms with Crippen molar-refractivity contribution in [2.75, 3.05) is 6.61 Å². The molecule has 1 aromatic heterocycles. The van der Waals surface area contributed by atoms with Gasteiger partial charge < -0.3 is 24.2 Å². The van der Waals surface area contributed by atoms with E-state index in [0.29, 0.717) is 5.02 Å². The van der Waals surface area contributed by atoms with Gasteiger partial charge in [0, 0.05) is 17.3 Å². The molecule has 1 aliphatic heterocycles. The van der Waals surface area contributed by atoms with Crippen molar-refractivity contribution >= 4 is 25.7 Å². The fourth-order valence-electron chi connectivity index (χ4n) is 3.35. The molecule has 0 radical (unpaired) electrons. The summed E-state index contributed by atoms with van der Waals surface area (Å²) in [4.78, 5) is 50.0. The number of H-pyrrole nitrogens is 1. The Balaban J connectivity index is 1.93. The van der Waals surface area contributed by atoms with E-state index >= 15 is 4.39 Å². The van der Waals surface area contributed by atoms with E-state index in [9.17, 15) is 24.4 Å². The van der Waals surface area contributed by atoms with E-state index in [2.05, 4.69) is 4.74 Å². The van der Waals surface area contributed by atoms with Gasteiger partial charge in [0.25, 0.3) is 11.8 Å². The van der Waals surface area contributed by atoms with Gasteiger partial charge in [-0.3, -0.25) is 14.3 Å². The number of aliphatic hydroxyl groups excluding tert-OH is 1. The van der Waals surface area contributed by atoms with Gasteiger partial charge in [0.15, 0.2) is 24.0 Å². The van der Waals surface area contributed by atoms with Gasteiger partial charge in [-0.25, -0.2) is 14.0 Å². The second-order valence-corrected chi connectivity index (χ2v) is 9.25.